The largest absolute Gasteiger partial charge is 0.357 e. The molecule has 1 aromatic heterocycles. The first-order chi connectivity index (χ1) is 10.1. The second-order valence-electron chi connectivity index (χ2n) is 4.57. The average molecular weight is 306 g/mol. The number of amides is 2. The molecule has 0 fully saturated rings. The minimum absolute atomic E-state index is 0.219. The number of hydrogen-bond acceptors (Lipinski definition) is 2. The van der Waals surface area contributed by atoms with E-state index < -0.39 is 0 Å². The first kappa shape index (κ1) is 15.1. The maximum Gasteiger partial charge on any atom is 0.286 e. The van der Waals surface area contributed by atoms with Crippen molar-refractivity contribution >= 4 is 23.4 Å². The van der Waals surface area contributed by atoms with Crippen LogP contribution in [0.2, 0.25) is 5.02 Å². The molecule has 5 nitrogen and oxygen atoms in total. The second kappa shape index (κ2) is 7.50. The molecule has 0 aliphatic carbocycles. The number of H-pyrrole nitrogens is 1. The van der Waals surface area contributed by atoms with Crippen LogP contribution < -0.4 is 10.9 Å². The molecule has 110 valence electrons. The molecule has 0 aliphatic rings. The highest BCUT2D eigenvalue weighted by Crippen LogP contribution is 2.11. The zero-order valence-electron chi connectivity index (χ0n) is 11.4. The fraction of sp³-hybridized carbons (Fsp3) is 0.200. The maximum atomic E-state index is 11.6. The van der Waals surface area contributed by atoms with E-state index in [0.29, 0.717) is 23.6 Å². The van der Waals surface area contributed by atoms with Gasteiger partial charge in [-0.05, 0) is 42.7 Å². The highest BCUT2D eigenvalue weighted by atomic mass is 35.5. The lowest BCUT2D eigenvalue weighted by Gasteiger charge is -2.06. The highest BCUT2D eigenvalue weighted by Gasteiger charge is 2.07. The van der Waals surface area contributed by atoms with Crippen LogP contribution in [-0.2, 0) is 11.2 Å². The van der Waals surface area contributed by atoms with E-state index in [1.54, 1.807) is 18.3 Å². The van der Waals surface area contributed by atoms with E-state index in [0.717, 1.165) is 12.0 Å². The number of hydrazine groups is 1. The molecule has 0 unspecified atom stereocenters. The predicted molar refractivity (Wildman–Crippen MR) is 80.8 cm³/mol. The van der Waals surface area contributed by atoms with Crippen LogP contribution in [0.4, 0.5) is 0 Å². The van der Waals surface area contributed by atoms with E-state index in [1.807, 2.05) is 24.3 Å². The van der Waals surface area contributed by atoms with Gasteiger partial charge in [-0.1, -0.05) is 23.7 Å². The predicted octanol–water partition coefficient (Wildman–Crippen LogP) is 2.45. The average Bonchev–Trinajstić information content (AvgIpc) is 3.01. The minimum atomic E-state index is -0.369. The molecule has 0 spiro atoms. The number of carbonyl (C=O) groups is 2. The lowest BCUT2D eigenvalue weighted by Crippen LogP contribution is -2.41. The molecule has 2 amide bonds. The van der Waals surface area contributed by atoms with Crippen molar-refractivity contribution in [3.8, 4) is 0 Å². The number of nitrogens with one attached hydrogen (secondary N) is 3. The van der Waals surface area contributed by atoms with Gasteiger partial charge in [0.2, 0.25) is 5.91 Å². The summed E-state index contributed by atoms with van der Waals surface area (Å²) in [4.78, 5) is 25.9. The number of carbonyl (C=O) groups excluding carboxylic acids is 2. The molecule has 0 bridgehead atoms. The Labute approximate surface area is 127 Å². The van der Waals surface area contributed by atoms with E-state index in [1.165, 1.54) is 0 Å². The molecule has 1 heterocycles. The molecule has 2 rings (SSSR count). The van der Waals surface area contributed by atoms with E-state index in [4.69, 9.17) is 11.6 Å². The van der Waals surface area contributed by atoms with Gasteiger partial charge in [0.15, 0.2) is 0 Å². The normalized spacial score (nSPS) is 10.1. The molecule has 0 atom stereocenters. The number of aromatic amines is 1. The van der Waals surface area contributed by atoms with Gasteiger partial charge in [-0.25, -0.2) is 0 Å². The summed E-state index contributed by atoms with van der Waals surface area (Å²) in [6.07, 6.45) is 3.47. The van der Waals surface area contributed by atoms with E-state index in [-0.39, 0.29) is 11.8 Å². The summed E-state index contributed by atoms with van der Waals surface area (Å²) in [6, 6.07) is 10.9. The van der Waals surface area contributed by atoms with Crippen molar-refractivity contribution in [2.75, 3.05) is 0 Å². The van der Waals surface area contributed by atoms with Gasteiger partial charge in [-0.2, -0.15) is 0 Å². The molecule has 6 heteroatoms. The molecule has 0 saturated heterocycles. The van der Waals surface area contributed by atoms with E-state index >= 15 is 0 Å². The summed E-state index contributed by atoms with van der Waals surface area (Å²) >= 11 is 5.80. The minimum Gasteiger partial charge on any atom is -0.357 e. The topological polar surface area (TPSA) is 74.0 Å². The molecule has 0 aliphatic heterocycles. The summed E-state index contributed by atoms with van der Waals surface area (Å²) in [7, 11) is 0. The van der Waals surface area contributed by atoms with Crippen molar-refractivity contribution in [2.24, 2.45) is 0 Å². The third kappa shape index (κ3) is 4.96. The van der Waals surface area contributed by atoms with Gasteiger partial charge >= 0.3 is 0 Å². The van der Waals surface area contributed by atoms with Gasteiger partial charge in [0, 0.05) is 17.6 Å². The number of rotatable bonds is 5. The maximum absolute atomic E-state index is 11.6. The van der Waals surface area contributed by atoms with Gasteiger partial charge in [-0.15, -0.1) is 0 Å². The fourth-order valence-corrected chi connectivity index (χ4v) is 1.96. The molecular weight excluding hydrogens is 290 g/mol. The lowest BCUT2D eigenvalue weighted by atomic mass is 10.1. The summed E-state index contributed by atoms with van der Waals surface area (Å²) in [5.74, 6) is -0.588. The van der Waals surface area contributed by atoms with Crippen LogP contribution in [0.15, 0.2) is 42.6 Å². The Hall–Kier alpha value is -2.27. The first-order valence-corrected chi connectivity index (χ1v) is 7.00. The van der Waals surface area contributed by atoms with Crippen LogP contribution in [0.25, 0.3) is 0 Å². The van der Waals surface area contributed by atoms with E-state index in [9.17, 15) is 9.59 Å². The van der Waals surface area contributed by atoms with Crippen LogP contribution in [-0.4, -0.2) is 16.8 Å². The van der Waals surface area contributed by atoms with Gasteiger partial charge in [-0.3, -0.25) is 20.4 Å². The molecule has 3 N–H and O–H groups in total. The smallest absolute Gasteiger partial charge is 0.286 e. The van der Waals surface area contributed by atoms with Crippen LogP contribution in [0, 0.1) is 0 Å². The number of aryl methyl sites for hydroxylation is 1. The Balaban J connectivity index is 1.66. The highest BCUT2D eigenvalue weighted by molar-refractivity contribution is 6.30. The molecule has 2 aromatic rings. The van der Waals surface area contributed by atoms with Crippen molar-refractivity contribution in [3.05, 3.63) is 58.9 Å². The number of hydrogen-bond donors (Lipinski definition) is 3. The van der Waals surface area contributed by atoms with Crippen LogP contribution >= 0.6 is 11.6 Å². The van der Waals surface area contributed by atoms with Crippen molar-refractivity contribution in [1.29, 1.82) is 0 Å². The van der Waals surface area contributed by atoms with Crippen molar-refractivity contribution in [2.45, 2.75) is 19.3 Å². The number of halogens is 1. The third-order valence-electron chi connectivity index (χ3n) is 2.94. The molecule has 1 aromatic carbocycles. The number of benzene rings is 1. The standard InChI is InChI=1S/C15H16ClN3O2/c16-12-8-6-11(7-9-12)3-1-5-14(20)18-19-15(21)13-4-2-10-17-13/h2,4,6-10,17H,1,3,5H2,(H,18,20)(H,19,21). The zero-order valence-corrected chi connectivity index (χ0v) is 12.1. The SMILES string of the molecule is O=C(CCCc1ccc(Cl)cc1)NNC(=O)c1ccc[nH]1. The quantitative estimate of drug-likeness (QED) is 0.742. The summed E-state index contributed by atoms with van der Waals surface area (Å²) < 4.78 is 0. The van der Waals surface area contributed by atoms with E-state index in [2.05, 4.69) is 15.8 Å². The van der Waals surface area contributed by atoms with Crippen molar-refractivity contribution in [1.82, 2.24) is 15.8 Å². The molecule has 0 radical (unpaired) electrons. The Morgan fingerprint density at radius 3 is 2.52 bits per heavy atom. The van der Waals surface area contributed by atoms with Crippen molar-refractivity contribution < 1.29 is 9.59 Å². The number of aromatic nitrogens is 1. The molecular formula is C15H16ClN3O2. The van der Waals surface area contributed by atoms with Crippen molar-refractivity contribution in [3.63, 3.8) is 0 Å². The van der Waals surface area contributed by atoms with Gasteiger partial charge in [0.25, 0.3) is 5.91 Å². The molecule has 21 heavy (non-hydrogen) atoms. The monoisotopic (exact) mass is 305 g/mol. The Bertz CT molecular complexity index is 594. The zero-order chi connectivity index (χ0) is 15.1. The summed E-state index contributed by atoms with van der Waals surface area (Å²) in [5, 5.41) is 0.698. The lowest BCUT2D eigenvalue weighted by molar-refractivity contribution is -0.121. The fourth-order valence-electron chi connectivity index (χ4n) is 1.83. The Kier molecular flexibility index (Phi) is 5.40. The van der Waals surface area contributed by atoms with Gasteiger partial charge in [0.1, 0.15) is 5.69 Å². The second-order valence-corrected chi connectivity index (χ2v) is 5.00. The summed E-state index contributed by atoms with van der Waals surface area (Å²) in [5.41, 5.74) is 6.27. The Morgan fingerprint density at radius 1 is 1.10 bits per heavy atom. The summed E-state index contributed by atoms with van der Waals surface area (Å²) in [6.45, 7) is 0. The Morgan fingerprint density at radius 2 is 1.86 bits per heavy atom. The third-order valence-corrected chi connectivity index (χ3v) is 3.19. The van der Waals surface area contributed by atoms with Gasteiger partial charge < -0.3 is 4.98 Å². The first-order valence-electron chi connectivity index (χ1n) is 6.62. The van der Waals surface area contributed by atoms with Gasteiger partial charge in [0.05, 0.1) is 0 Å². The van der Waals surface area contributed by atoms with Crippen LogP contribution in [0.1, 0.15) is 28.9 Å². The van der Waals surface area contributed by atoms with Crippen LogP contribution in [0.5, 0.6) is 0 Å². The van der Waals surface area contributed by atoms with Crippen LogP contribution in [0.3, 0.4) is 0 Å². The molecule has 0 saturated carbocycles.